The lowest BCUT2D eigenvalue weighted by molar-refractivity contribution is -0.125. The number of nitrogens with zero attached hydrogens (tertiary/aromatic N) is 2. The summed E-state index contributed by atoms with van der Waals surface area (Å²) in [6.07, 6.45) is 0. The SMILES string of the molecule is COc1ccc(Cl)cc1N1C(=O)CSc2c(c3ccccc3n2C)[C@@H]1C(=O)NCc1ccc(F)cc1. The molecule has 0 aliphatic carbocycles. The van der Waals surface area contributed by atoms with Gasteiger partial charge in [0.2, 0.25) is 11.8 Å². The van der Waals surface area contributed by atoms with Crippen molar-refractivity contribution in [3.05, 3.63) is 88.7 Å². The number of rotatable bonds is 5. The lowest BCUT2D eigenvalue weighted by Crippen LogP contribution is -2.44. The Balaban J connectivity index is 1.67. The standard InChI is InChI=1S/C27H23ClFN3O3S/c1-31-20-6-4-3-5-19(20)24-25(26(34)30-14-16-7-10-18(29)11-8-16)32(23(33)15-36-27(24)31)21-13-17(28)9-12-22(21)35-2/h3-13,25H,14-15H2,1-2H3,(H,30,34)/t25-/m1/s1. The Morgan fingerprint density at radius 3 is 2.67 bits per heavy atom. The van der Waals surface area contributed by atoms with Crippen molar-refractivity contribution in [1.82, 2.24) is 9.88 Å². The molecular weight excluding hydrogens is 501 g/mol. The Morgan fingerprint density at radius 2 is 1.92 bits per heavy atom. The topological polar surface area (TPSA) is 63.6 Å². The summed E-state index contributed by atoms with van der Waals surface area (Å²) in [6.45, 7) is 0.178. The van der Waals surface area contributed by atoms with Gasteiger partial charge < -0.3 is 14.6 Å². The van der Waals surface area contributed by atoms with E-state index in [1.807, 2.05) is 35.9 Å². The van der Waals surface area contributed by atoms with Crippen LogP contribution in [0, 0.1) is 5.82 Å². The van der Waals surface area contributed by atoms with Crippen LogP contribution in [0.3, 0.4) is 0 Å². The van der Waals surface area contributed by atoms with Gasteiger partial charge in [0.15, 0.2) is 0 Å². The summed E-state index contributed by atoms with van der Waals surface area (Å²) in [5, 5.41) is 5.09. The number of benzene rings is 3. The molecule has 0 bridgehead atoms. The number of nitrogens with one attached hydrogen (secondary N) is 1. The number of hydrogen-bond donors (Lipinski definition) is 1. The number of thioether (sulfide) groups is 1. The molecule has 0 unspecified atom stereocenters. The number of aryl methyl sites for hydroxylation is 1. The van der Waals surface area contributed by atoms with Crippen molar-refractivity contribution in [3.63, 3.8) is 0 Å². The fraction of sp³-hybridized carbons (Fsp3) is 0.185. The quantitative estimate of drug-likeness (QED) is 0.376. The molecule has 0 fully saturated rings. The van der Waals surface area contributed by atoms with Crippen molar-refractivity contribution >= 4 is 51.8 Å². The molecule has 36 heavy (non-hydrogen) atoms. The summed E-state index contributed by atoms with van der Waals surface area (Å²) in [4.78, 5) is 29.0. The Labute approximate surface area is 217 Å². The van der Waals surface area contributed by atoms with Gasteiger partial charge in [-0.1, -0.05) is 53.7 Å². The van der Waals surface area contributed by atoms with E-state index in [-0.39, 0.29) is 29.9 Å². The van der Waals surface area contributed by atoms with Gasteiger partial charge >= 0.3 is 0 Å². The second kappa shape index (κ2) is 9.87. The molecule has 1 aromatic heterocycles. The van der Waals surface area contributed by atoms with Gasteiger partial charge in [-0.05, 0) is 42.0 Å². The molecule has 4 aromatic rings. The van der Waals surface area contributed by atoms with Crippen molar-refractivity contribution in [3.8, 4) is 5.75 Å². The molecule has 0 saturated heterocycles. The van der Waals surface area contributed by atoms with Crippen molar-refractivity contribution in [2.24, 2.45) is 7.05 Å². The molecule has 2 heterocycles. The van der Waals surface area contributed by atoms with Gasteiger partial charge in [0, 0.05) is 35.1 Å². The van der Waals surface area contributed by atoms with Crippen LogP contribution in [-0.2, 0) is 23.2 Å². The molecule has 2 amide bonds. The molecule has 9 heteroatoms. The minimum absolute atomic E-state index is 0.134. The van der Waals surface area contributed by atoms with E-state index < -0.39 is 6.04 Å². The highest BCUT2D eigenvalue weighted by Gasteiger charge is 2.40. The second-order valence-electron chi connectivity index (χ2n) is 8.41. The van der Waals surface area contributed by atoms with Crippen LogP contribution >= 0.6 is 23.4 Å². The van der Waals surface area contributed by atoms with E-state index >= 15 is 0 Å². The van der Waals surface area contributed by atoms with E-state index in [9.17, 15) is 14.0 Å². The number of fused-ring (bicyclic) bond motifs is 3. The van der Waals surface area contributed by atoms with Gasteiger partial charge in [-0.2, -0.15) is 0 Å². The fourth-order valence-corrected chi connectivity index (χ4v) is 5.81. The lowest BCUT2D eigenvalue weighted by Gasteiger charge is -2.31. The zero-order chi connectivity index (χ0) is 25.4. The molecule has 1 aliphatic rings. The Morgan fingerprint density at radius 1 is 1.17 bits per heavy atom. The summed E-state index contributed by atoms with van der Waals surface area (Å²) in [7, 11) is 3.44. The molecule has 1 N–H and O–H groups in total. The van der Waals surface area contributed by atoms with Crippen LogP contribution < -0.4 is 15.0 Å². The van der Waals surface area contributed by atoms with Crippen LogP contribution in [-0.4, -0.2) is 29.2 Å². The monoisotopic (exact) mass is 523 g/mol. The van der Waals surface area contributed by atoms with Crippen LogP contribution in [0.2, 0.25) is 5.02 Å². The molecule has 1 aliphatic heterocycles. The van der Waals surface area contributed by atoms with Gasteiger partial charge in [0.05, 0.1) is 23.6 Å². The maximum atomic E-state index is 13.9. The first kappa shape index (κ1) is 24.2. The summed E-state index contributed by atoms with van der Waals surface area (Å²) in [6, 6.07) is 17.7. The average Bonchev–Trinajstić information content (AvgIpc) is 3.06. The van der Waals surface area contributed by atoms with Gasteiger partial charge in [-0.3, -0.25) is 14.5 Å². The number of carbonyl (C=O) groups is 2. The number of methoxy groups -OCH3 is 1. The predicted molar refractivity (Wildman–Crippen MR) is 140 cm³/mol. The molecule has 184 valence electrons. The number of hydrogen-bond acceptors (Lipinski definition) is 4. The second-order valence-corrected chi connectivity index (χ2v) is 9.81. The summed E-state index contributed by atoms with van der Waals surface area (Å²) >= 11 is 7.73. The maximum absolute atomic E-state index is 13.9. The Hall–Kier alpha value is -3.49. The third kappa shape index (κ3) is 4.31. The molecule has 5 rings (SSSR count). The van der Waals surface area contributed by atoms with E-state index in [1.165, 1.54) is 35.9 Å². The number of carbonyl (C=O) groups excluding carboxylic acids is 2. The number of aromatic nitrogens is 1. The number of halogens is 2. The molecule has 6 nitrogen and oxygen atoms in total. The number of para-hydroxylation sites is 1. The van der Waals surface area contributed by atoms with E-state index in [4.69, 9.17) is 16.3 Å². The van der Waals surface area contributed by atoms with Gasteiger partial charge in [-0.25, -0.2) is 4.39 Å². The van der Waals surface area contributed by atoms with Crippen LogP contribution in [0.5, 0.6) is 5.75 Å². The number of ether oxygens (including phenoxy) is 1. The zero-order valence-corrected chi connectivity index (χ0v) is 21.2. The molecular formula is C27H23ClFN3O3S. The zero-order valence-electron chi connectivity index (χ0n) is 19.6. The molecule has 0 spiro atoms. The molecule has 0 saturated carbocycles. The Kier molecular flexibility index (Phi) is 6.64. The summed E-state index contributed by atoms with van der Waals surface area (Å²) < 4.78 is 20.9. The van der Waals surface area contributed by atoms with E-state index in [1.54, 1.807) is 30.3 Å². The van der Waals surface area contributed by atoms with Gasteiger partial charge in [-0.15, -0.1) is 0 Å². The maximum Gasteiger partial charge on any atom is 0.248 e. The normalized spacial score (nSPS) is 15.5. The van der Waals surface area contributed by atoms with Gasteiger partial charge in [0.25, 0.3) is 0 Å². The highest BCUT2D eigenvalue weighted by atomic mass is 35.5. The fourth-order valence-electron chi connectivity index (χ4n) is 4.57. The number of amides is 2. The minimum Gasteiger partial charge on any atom is -0.495 e. The number of anilines is 1. The summed E-state index contributed by atoms with van der Waals surface area (Å²) in [5.41, 5.74) is 2.85. The summed E-state index contributed by atoms with van der Waals surface area (Å²) in [5.74, 6) is -0.402. The van der Waals surface area contributed by atoms with Crippen LogP contribution in [0.1, 0.15) is 17.2 Å². The van der Waals surface area contributed by atoms with Crippen molar-refractivity contribution in [1.29, 1.82) is 0 Å². The predicted octanol–water partition coefficient (Wildman–Crippen LogP) is 5.48. The van der Waals surface area contributed by atoms with Crippen LogP contribution in [0.15, 0.2) is 71.8 Å². The Bertz CT molecular complexity index is 1470. The van der Waals surface area contributed by atoms with E-state index in [0.717, 1.165) is 27.1 Å². The molecule has 1 atom stereocenters. The first-order valence-electron chi connectivity index (χ1n) is 11.3. The highest BCUT2D eigenvalue weighted by molar-refractivity contribution is 8.00. The lowest BCUT2D eigenvalue weighted by atomic mass is 10.0. The van der Waals surface area contributed by atoms with E-state index in [0.29, 0.717) is 16.5 Å². The minimum atomic E-state index is -0.985. The largest absolute Gasteiger partial charge is 0.495 e. The third-order valence-electron chi connectivity index (χ3n) is 6.25. The molecule has 0 radical (unpaired) electrons. The first-order valence-corrected chi connectivity index (χ1v) is 12.6. The average molecular weight is 524 g/mol. The van der Waals surface area contributed by atoms with Crippen LogP contribution in [0.25, 0.3) is 10.9 Å². The smallest absolute Gasteiger partial charge is 0.248 e. The van der Waals surface area contributed by atoms with E-state index in [2.05, 4.69) is 5.32 Å². The van der Waals surface area contributed by atoms with Gasteiger partial charge in [0.1, 0.15) is 17.6 Å². The highest BCUT2D eigenvalue weighted by Crippen LogP contribution is 2.45. The molecule has 3 aromatic carbocycles. The van der Waals surface area contributed by atoms with Crippen molar-refractivity contribution < 1.29 is 18.7 Å². The third-order valence-corrected chi connectivity index (χ3v) is 7.65. The van der Waals surface area contributed by atoms with Crippen molar-refractivity contribution in [2.75, 3.05) is 17.8 Å². The van der Waals surface area contributed by atoms with Crippen molar-refractivity contribution in [2.45, 2.75) is 17.6 Å². The van der Waals surface area contributed by atoms with Crippen LogP contribution in [0.4, 0.5) is 10.1 Å². The first-order chi connectivity index (χ1) is 17.4.